The predicted octanol–water partition coefficient (Wildman–Crippen LogP) is 4.52. The van der Waals surface area contributed by atoms with E-state index in [-0.39, 0.29) is 6.04 Å². The fraction of sp³-hybridized carbons (Fsp3) is 0.167. The minimum Gasteiger partial charge on any atom is -0.271 e. The summed E-state index contributed by atoms with van der Waals surface area (Å²) in [5, 5.41) is 2.84. The van der Waals surface area contributed by atoms with Crippen molar-refractivity contribution in [1.29, 1.82) is 0 Å². The van der Waals surface area contributed by atoms with Crippen LogP contribution in [0.1, 0.15) is 16.5 Å². The van der Waals surface area contributed by atoms with Crippen LogP contribution in [0.4, 0.5) is 0 Å². The van der Waals surface area contributed by atoms with Gasteiger partial charge in [0.1, 0.15) is 0 Å². The van der Waals surface area contributed by atoms with E-state index < -0.39 is 0 Å². The summed E-state index contributed by atoms with van der Waals surface area (Å²) in [6.07, 6.45) is 0.851. The molecule has 0 spiro atoms. The molecule has 0 saturated carbocycles. The van der Waals surface area contributed by atoms with Crippen molar-refractivity contribution < 1.29 is 0 Å². The van der Waals surface area contributed by atoms with Crippen LogP contribution in [0.15, 0.2) is 34.1 Å². The van der Waals surface area contributed by atoms with Gasteiger partial charge in [0, 0.05) is 24.7 Å². The van der Waals surface area contributed by atoms with E-state index in [0.717, 1.165) is 25.0 Å². The topological polar surface area (TPSA) is 38.0 Å². The van der Waals surface area contributed by atoms with E-state index in [4.69, 9.17) is 17.4 Å². The van der Waals surface area contributed by atoms with Crippen molar-refractivity contribution in [3.8, 4) is 0 Å². The summed E-state index contributed by atoms with van der Waals surface area (Å²) in [6.45, 7) is 0. The smallest absolute Gasteiger partial charge is 0.0542 e. The zero-order chi connectivity index (χ0) is 13.1. The molecule has 0 fully saturated rings. The summed E-state index contributed by atoms with van der Waals surface area (Å²) < 4.78 is 2.16. The molecule has 2 aromatic rings. The number of hydrogen-bond acceptors (Lipinski definition) is 3. The lowest BCUT2D eigenvalue weighted by atomic mass is 10.0. The van der Waals surface area contributed by atoms with Gasteiger partial charge in [-0.3, -0.25) is 11.3 Å². The first kappa shape index (κ1) is 14.7. The summed E-state index contributed by atoms with van der Waals surface area (Å²) in [4.78, 5) is 1.28. The Morgan fingerprint density at radius 2 is 2.22 bits per heavy atom. The van der Waals surface area contributed by atoms with Crippen LogP contribution in [0.25, 0.3) is 0 Å². The molecule has 1 unspecified atom stereocenters. The lowest BCUT2D eigenvalue weighted by molar-refractivity contribution is 0.555. The van der Waals surface area contributed by atoms with Crippen LogP contribution in [0.2, 0.25) is 5.02 Å². The van der Waals surface area contributed by atoms with Crippen LogP contribution in [-0.2, 0) is 6.42 Å². The fourth-order valence-electron chi connectivity index (χ4n) is 1.66. The molecule has 1 heterocycles. The van der Waals surface area contributed by atoms with Gasteiger partial charge in [-0.05, 0) is 62.3 Å². The summed E-state index contributed by atoms with van der Waals surface area (Å²) in [5.74, 6) is 5.65. The minimum absolute atomic E-state index is 0.0741. The molecular weight excluding hydrogens is 446 g/mol. The molecule has 0 aliphatic rings. The van der Waals surface area contributed by atoms with Gasteiger partial charge in [0.25, 0.3) is 0 Å². The highest BCUT2D eigenvalue weighted by molar-refractivity contribution is 14.1. The number of benzene rings is 1. The second-order valence-electron chi connectivity index (χ2n) is 3.83. The zero-order valence-corrected chi connectivity index (χ0v) is 14.6. The van der Waals surface area contributed by atoms with Crippen molar-refractivity contribution in [2.75, 3.05) is 0 Å². The maximum Gasteiger partial charge on any atom is 0.0542 e. The van der Waals surface area contributed by atoms with Gasteiger partial charge in [0.05, 0.1) is 11.1 Å². The van der Waals surface area contributed by atoms with Crippen molar-refractivity contribution in [2.45, 2.75) is 12.5 Å². The Hall–Kier alpha value is 0.340. The molecule has 0 radical (unpaired) electrons. The van der Waals surface area contributed by atoms with Crippen LogP contribution in [0.3, 0.4) is 0 Å². The predicted molar refractivity (Wildman–Crippen MR) is 90.0 cm³/mol. The molecule has 2 nitrogen and oxygen atoms in total. The Kier molecular flexibility index (Phi) is 5.47. The molecule has 0 aliphatic heterocycles. The molecule has 6 heteroatoms. The quantitative estimate of drug-likeness (QED) is 0.403. The Morgan fingerprint density at radius 3 is 2.78 bits per heavy atom. The Labute approximate surface area is 137 Å². The molecular formula is C12H11BrClIN2S. The standard InChI is InChI=1S/C12H11BrClIN2S/c13-8-4-9(18-6-8)5-12(17-16)7-1-2-11(15)10(14)3-7/h1-4,6,12,17H,5,16H2. The van der Waals surface area contributed by atoms with Crippen molar-refractivity contribution in [2.24, 2.45) is 5.84 Å². The fourth-order valence-corrected chi connectivity index (χ4v) is 3.69. The molecule has 1 atom stereocenters. The van der Waals surface area contributed by atoms with Gasteiger partial charge in [0.2, 0.25) is 0 Å². The van der Waals surface area contributed by atoms with E-state index >= 15 is 0 Å². The highest BCUT2D eigenvalue weighted by Gasteiger charge is 2.13. The van der Waals surface area contributed by atoms with Gasteiger partial charge in [-0.2, -0.15) is 0 Å². The normalized spacial score (nSPS) is 12.7. The van der Waals surface area contributed by atoms with E-state index in [9.17, 15) is 0 Å². The van der Waals surface area contributed by atoms with E-state index in [1.807, 2.05) is 12.1 Å². The van der Waals surface area contributed by atoms with Crippen molar-refractivity contribution in [3.05, 3.63) is 53.2 Å². The first-order valence-electron chi connectivity index (χ1n) is 5.24. The Balaban J connectivity index is 2.19. The van der Waals surface area contributed by atoms with Crippen LogP contribution in [-0.4, -0.2) is 0 Å². The van der Waals surface area contributed by atoms with Crippen molar-refractivity contribution in [3.63, 3.8) is 0 Å². The van der Waals surface area contributed by atoms with Crippen molar-refractivity contribution >= 4 is 61.5 Å². The summed E-state index contributed by atoms with van der Waals surface area (Å²) in [5.41, 5.74) is 3.96. The molecule has 2 rings (SSSR count). The highest BCUT2D eigenvalue weighted by Crippen LogP contribution is 2.28. The van der Waals surface area contributed by atoms with Crippen LogP contribution in [0.5, 0.6) is 0 Å². The van der Waals surface area contributed by atoms with Gasteiger partial charge in [-0.25, -0.2) is 0 Å². The lowest BCUT2D eigenvalue weighted by Crippen LogP contribution is -2.29. The van der Waals surface area contributed by atoms with Crippen LogP contribution >= 0.6 is 61.5 Å². The maximum absolute atomic E-state index is 6.14. The van der Waals surface area contributed by atoms with Crippen molar-refractivity contribution in [1.82, 2.24) is 5.43 Å². The van der Waals surface area contributed by atoms with E-state index in [0.29, 0.717) is 0 Å². The molecule has 18 heavy (non-hydrogen) atoms. The van der Waals surface area contributed by atoms with Crippen LogP contribution in [0, 0.1) is 3.57 Å². The number of hydrogen-bond donors (Lipinski definition) is 2. The molecule has 3 N–H and O–H groups in total. The van der Waals surface area contributed by atoms with Gasteiger partial charge < -0.3 is 0 Å². The monoisotopic (exact) mass is 456 g/mol. The third kappa shape index (κ3) is 3.68. The maximum atomic E-state index is 6.14. The minimum atomic E-state index is 0.0741. The average Bonchev–Trinajstić information content (AvgIpc) is 2.75. The van der Waals surface area contributed by atoms with Gasteiger partial charge in [0.15, 0.2) is 0 Å². The van der Waals surface area contributed by atoms with Gasteiger partial charge in [-0.15, -0.1) is 11.3 Å². The Morgan fingerprint density at radius 1 is 1.44 bits per heavy atom. The molecule has 0 amide bonds. The summed E-state index contributed by atoms with van der Waals surface area (Å²) in [7, 11) is 0. The molecule has 96 valence electrons. The van der Waals surface area contributed by atoms with Gasteiger partial charge in [-0.1, -0.05) is 17.7 Å². The van der Waals surface area contributed by atoms with E-state index in [1.165, 1.54) is 4.88 Å². The molecule has 0 saturated heterocycles. The first-order valence-corrected chi connectivity index (χ1v) is 8.37. The first-order chi connectivity index (χ1) is 8.60. The third-order valence-corrected chi connectivity index (χ3v) is 5.87. The second kappa shape index (κ2) is 6.67. The Bertz CT molecular complexity index is 547. The second-order valence-corrected chi connectivity index (χ2v) is 7.31. The number of halogens is 3. The zero-order valence-electron chi connectivity index (χ0n) is 9.29. The van der Waals surface area contributed by atoms with Gasteiger partial charge >= 0.3 is 0 Å². The number of hydrazine groups is 1. The SMILES string of the molecule is NNC(Cc1cc(Br)cs1)c1ccc(I)c(Cl)c1. The highest BCUT2D eigenvalue weighted by atomic mass is 127. The molecule has 1 aromatic carbocycles. The summed E-state index contributed by atoms with van der Waals surface area (Å²) in [6, 6.07) is 8.22. The average molecular weight is 458 g/mol. The molecule has 0 bridgehead atoms. The number of rotatable bonds is 4. The van der Waals surface area contributed by atoms with E-state index in [2.05, 4.69) is 61.5 Å². The number of thiophene rings is 1. The number of nitrogens with two attached hydrogens (primary N) is 1. The molecule has 1 aromatic heterocycles. The third-order valence-electron chi connectivity index (χ3n) is 2.57. The largest absolute Gasteiger partial charge is 0.271 e. The van der Waals surface area contributed by atoms with E-state index in [1.54, 1.807) is 11.3 Å². The lowest BCUT2D eigenvalue weighted by Gasteiger charge is -2.16. The number of nitrogens with one attached hydrogen (secondary N) is 1. The molecule has 0 aliphatic carbocycles. The van der Waals surface area contributed by atoms with Crippen LogP contribution < -0.4 is 11.3 Å². The summed E-state index contributed by atoms with van der Waals surface area (Å²) >= 11 is 13.5.